The zero-order chi connectivity index (χ0) is 25.2. The summed E-state index contributed by atoms with van der Waals surface area (Å²) in [4.78, 5) is 12.3. The molecule has 4 aromatic carbocycles. The third-order valence-electron chi connectivity index (χ3n) is 5.20. The van der Waals surface area contributed by atoms with E-state index < -0.39 is 5.97 Å². The molecule has 5 nitrogen and oxygen atoms in total. The van der Waals surface area contributed by atoms with Crippen LogP contribution in [0.2, 0.25) is 5.02 Å². The number of methoxy groups -OCH3 is 1. The summed E-state index contributed by atoms with van der Waals surface area (Å²) in [5, 5.41) is 0.677. The molecule has 36 heavy (non-hydrogen) atoms. The van der Waals surface area contributed by atoms with Gasteiger partial charge in [-0.2, -0.15) is 0 Å². The second-order valence-electron chi connectivity index (χ2n) is 7.83. The molecule has 0 radical (unpaired) electrons. The van der Waals surface area contributed by atoms with Gasteiger partial charge in [-0.3, -0.25) is 0 Å². The largest absolute Gasteiger partial charge is 0.493 e. The maximum Gasteiger partial charge on any atom is 0.336 e. The Kier molecular flexibility index (Phi) is 8.62. The Morgan fingerprint density at radius 2 is 1.42 bits per heavy atom. The van der Waals surface area contributed by atoms with Crippen molar-refractivity contribution in [1.82, 2.24) is 0 Å². The van der Waals surface area contributed by atoms with Gasteiger partial charge in [0.15, 0.2) is 11.5 Å². The summed E-state index contributed by atoms with van der Waals surface area (Å²) < 4.78 is 22.5. The van der Waals surface area contributed by atoms with E-state index in [0.29, 0.717) is 41.2 Å². The van der Waals surface area contributed by atoms with Gasteiger partial charge in [-0.25, -0.2) is 4.79 Å². The highest BCUT2D eigenvalue weighted by molar-refractivity contribution is 6.30. The lowest BCUT2D eigenvalue weighted by Crippen LogP contribution is -2.03. The van der Waals surface area contributed by atoms with Gasteiger partial charge in [-0.05, 0) is 71.3 Å². The minimum absolute atomic E-state index is 0.380. The number of halogens is 1. The van der Waals surface area contributed by atoms with Crippen LogP contribution in [0.4, 0.5) is 0 Å². The van der Waals surface area contributed by atoms with Gasteiger partial charge in [0.2, 0.25) is 0 Å². The minimum atomic E-state index is -0.491. The molecule has 0 aliphatic carbocycles. The summed E-state index contributed by atoms with van der Waals surface area (Å²) >= 11 is 5.92. The molecule has 0 aromatic heterocycles. The summed E-state index contributed by atoms with van der Waals surface area (Å²) in [6, 6.07) is 29.7. The molecule has 6 heteroatoms. The van der Waals surface area contributed by atoms with E-state index in [2.05, 4.69) is 0 Å². The number of benzene rings is 4. The molecule has 0 saturated carbocycles. The van der Waals surface area contributed by atoms with Crippen LogP contribution in [0, 0.1) is 0 Å². The van der Waals surface area contributed by atoms with E-state index in [1.807, 2.05) is 60.7 Å². The first-order valence-electron chi connectivity index (χ1n) is 11.3. The number of esters is 1. The van der Waals surface area contributed by atoms with E-state index in [1.54, 1.807) is 49.6 Å². The molecule has 0 spiro atoms. The van der Waals surface area contributed by atoms with Crippen LogP contribution >= 0.6 is 11.6 Å². The Morgan fingerprint density at radius 1 is 0.750 bits per heavy atom. The average Bonchev–Trinajstić information content (AvgIpc) is 2.92. The van der Waals surface area contributed by atoms with Gasteiger partial charge in [0, 0.05) is 11.1 Å². The van der Waals surface area contributed by atoms with Crippen LogP contribution in [0.25, 0.3) is 6.08 Å². The van der Waals surface area contributed by atoms with Crippen LogP contribution in [0.3, 0.4) is 0 Å². The summed E-state index contributed by atoms with van der Waals surface area (Å²) in [5.41, 5.74) is 2.84. The van der Waals surface area contributed by atoms with Gasteiger partial charge in [0.1, 0.15) is 24.7 Å². The summed E-state index contributed by atoms with van der Waals surface area (Å²) in [5.74, 6) is 1.79. The lowest BCUT2D eigenvalue weighted by atomic mass is 10.2. The fourth-order valence-corrected chi connectivity index (χ4v) is 3.43. The summed E-state index contributed by atoms with van der Waals surface area (Å²) in [6.45, 7) is 0.849. The lowest BCUT2D eigenvalue weighted by molar-refractivity contribution is -0.128. The van der Waals surface area contributed by atoms with E-state index in [4.69, 9.17) is 30.5 Å². The van der Waals surface area contributed by atoms with Crippen molar-refractivity contribution < 1.29 is 23.7 Å². The Balaban J connectivity index is 1.29. The van der Waals surface area contributed by atoms with Crippen LogP contribution in [0.1, 0.15) is 16.7 Å². The third kappa shape index (κ3) is 7.39. The van der Waals surface area contributed by atoms with Crippen molar-refractivity contribution in [3.8, 4) is 23.0 Å². The standard InChI is InChI=1S/C30H25ClO5/c1-33-29-19-22(9-17-28(29)35-21-24-7-11-25(31)12-8-24)10-18-30(32)36-27-15-13-26(14-16-27)34-20-23-5-3-2-4-6-23/h2-19H,20-21H2,1H3/b18-10+. The van der Waals surface area contributed by atoms with Crippen molar-refractivity contribution in [2.45, 2.75) is 13.2 Å². The van der Waals surface area contributed by atoms with E-state index in [0.717, 1.165) is 16.7 Å². The number of rotatable bonds is 10. The molecule has 4 aromatic rings. The number of carbonyl (C=O) groups excluding carboxylic acids is 1. The number of carbonyl (C=O) groups is 1. The van der Waals surface area contributed by atoms with Crippen molar-refractivity contribution >= 4 is 23.6 Å². The van der Waals surface area contributed by atoms with Gasteiger partial charge in [0.25, 0.3) is 0 Å². The smallest absolute Gasteiger partial charge is 0.336 e. The zero-order valence-corrected chi connectivity index (χ0v) is 20.5. The Morgan fingerprint density at radius 3 is 2.14 bits per heavy atom. The van der Waals surface area contributed by atoms with E-state index in [9.17, 15) is 4.79 Å². The Hall–Kier alpha value is -4.22. The Bertz CT molecular complexity index is 1300. The van der Waals surface area contributed by atoms with Crippen molar-refractivity contribution in [2.24, 2.45) is 0 Å². The maximum absolute atomic E-state index is 12.3. The van der Waals surface area contributed by atoms with Crippen LogP contribution in [-0.4, -0.2) is 13.1 Å². The molecule has 0 aliphatic rings. The van der Waals surface area contributed by atoms with E-state index in [1.165, 1.54) is 6.08 Å². The van der Waals surface area contributed by atoms with Crippen LogP contribution in [0.15, 0.2) is 103 Å². The monoisotopic (exact) mass is 500 g/mol. The van der Waals surface area contributed by atoms with E-state index in [-0.39, 0.29) is 0 Å². The molecule has 0 amide bonds. The summed E-state index contributed by atoms with van der Waals surface area (Å²) in [7, 11) is 1.57. The topological polar surface area (TPSA) is 54.0 Å². The predicted molar refractivity (Wildman–Crippen MR) is 141 cm³/mol. The highest BCUT2D eigenvalue weighted by Crippen LogP contribution is 2.29. The molecule has 4 rings (SSSR count). The fourth-order valence-electron chi connectivity index (χ4n) is 3.31. The van der Waals surface area contributed by atoms with Crippen LogP contribution < -0.4 is 18.9 Å². The highest BCUT2D eigenvalue weighted by atomic mass is 35.5. The Labute approximate surface area is 215 Å². The van der Waals surface area contributed by atoms with Gasteiger partial charge in [-0.15, -0.1) is 0 Å². The van der Waals surface area contributed by atoms with Crippen LogP contribution in [-0.2, 0) is 18.0 Å². The molecule has 0 heterocycles. The molecule has 0 unspecified atom stereocenters. The van der Waals surface area contributed by atoms with Crippen molar-refractivity contribution in [2.75, 3.05) is 7.11 Å². The first-order valence-corrected chi connectivity index (χ1v) is 11.7. The SMILES string of the molecule is COc1cc(/C=C/C(=O)Oc2ccc(OCc3ccccc3)cc2)ccc1OCc1ccc(Cl)cc1. The predicted octanol–water partition coefficient (Wildman–Crippen LogP) is 7.13. The van der Waals surface area contributed by atoms with Crippen LogP contribution in [0.5, 0.6) is 23.0 Å². The van der Waals surface area contributed by atoms with E-state index >= 15 is 0 Å². The average molecular weight is 501 g/mol. The van der Waals surface area contributed by atoms with Gasteiger partial charge in [-0.1, -0.05) is 60.1 Å². The molecule has 0 fully saturated rings. The van der Waals surface area contributed by atoms with Gasteiger partial charge in [0.05, 0.1) is 7.11 Å². The second-order valence-corrected chi connectivity index (χ2v) is 8.26. The molecule has 0 N–H and O–H groups in total. The first kappa shape index (κ1) is 24.9. The molecule has 0 atom stereocenters. The highest BCUT2D eigenvalue weighted by Gasteiger charge is 2.07. The minimum Gasteiger partial charge on any atom is -0.493 e. The lowest BCUT2D eigenvalue weighted by Gasteiger charge is -2.11. The number of ether oxygens (including phenoxy) is 4. The molecular weight excluding hydrogens is 476 g/mol. The van der Waals surface area contributed by atoms with Gasteiger partial charge >= 0.3 is 5.97 Å². The van der Waals surface area contributed by atoms with Crippen molar-refractivity contribution in [3.63, 3.8) is 0 Å². The molecule has 0 saturated heterocycles. The fraction of sp³-hybridized carbons (Fsp3) is 0.100. The van der Waals surface area contributed by atoms with Crippen molar-refractivity contribution in [1.29, 1.82) is 0 Å². The second kappa shape index (κ2) is 12.5. The molecule has 0 bridgehead atoms. The molecular formula is C30H25ClO5. The quantitative estimate of drug-likeness (QED) is 0.132. The first-order chi connectivity index (χ1) is 17.6. The number of hydrogen-bond acceptors (Lipinski definition) is 5. The van der Waals surface area contributed by atoms with Gasteiger partial charge < -0.3 is 18.9 Å². The maximum atomic E-state index is 12.3. The molecule has 0 aliphatic heterocycles. The number of hydrogen-bond donors (Lipinski definition) is 0. The van der Waals surface area contributed by atoms with Crippen molar-refractivity contribution in [3.05, 3.63) is 125 Å². The zero-order valence-electron chi connectivity index (χ0n) is 19.7. The third-order valence-corrected chi connectivity index (χ3v) is 5.45. The molecule has 182 valence electrons. The normalized spacial score (nSPS) is 10.7. The summed E-state index contributed by atoms with van der Waals surface area (Å²) in [6.07, 6.45) is 3.02.